The second kappa shape index (κ2) is 2.77. The van der Waals surface area contributed by atoms with E-state index in [1.165, 1.54) is 12.2 Å². The first kappa shape index (κ1) is 8.46. The first-order valence-electron chi connectivity index (χ1n) is 2.89. The molecule has 0 aromatic rings. The van der Waals surface area contributed by atoms with E-state index in [2.05, 4.69) is 18.3 Å². The van der Waals surface area contributed by atoms with E-state index in [9.17, 15) is 13.2 Å². The van der Waals surface area contributed by atoms with Gasteiger partial charge in [0, 0.05) is 4.86 Å². The summed E-state index contributed by atoms with van der Waals surface area (Å²) in [6.45, 7) is 0. The van der Waals surface area contributed by atoms with Crippen molar-refractivity contribution in [3.63, 3.8) is 0 Å². The molecule has 0 saturated carbocycles. The number of allylic oxidation sites excluding steroid dienone is 4. The van der Waals surface area contributed by atoms with E-state index in [0.29, 0.717) is 0 Å². The van der Waals surface area contributed by atoms with E-state index in [0.717, 1.165) is 6.08 Å². The Morgan fingerprint density at radius 1 is 1.45 bits per heavy atom. The lowest BCUT2D eigenvalue weighted by atomic mass is 10.0. The van der Waals surface area contributed by atoms with E-state index in [1.54, 1.807) is 0 Å². The smallest absolute Gasteiger partial charge is 0.170 e. The Bertz CT molecular complexity index is 224. The molecule has 1 atom stereocenters. The van der Waals surface area contributed by atoms with Crippen molar-refractivity contribution < 1.29 is 13.2 Å². The van der Waals surface area contributed by atoms with E-state index >= 15 is 0 Å². The predicted molar refractivity (Wildman–Crippen MR) is 39.1 cm³/mol. The Morgan fingerprint density at radius 3 is 2.45 bits per heavy atom. The summed E-state index contributed by atoms with van der Waals surface area (Å²) in [5.41, 5.74) is 0. The largest absolute Gasteiger partial charge is 0.399 e. The van der Waals surface area contributed by atoms with Gasteiger partial charge in [0.2, 0.25) is 0 Å². The SMILES string of the molecule is FC(F)(F)C1C=CC=[C]C1=S. The molecule has 0 nitrogen and oxygen atoms in total. The maximum absolute atomic E-state index is 12.0. The van der Waals surface area contributed by atoms with E-state index in [-0.39, 0.29) is 4.86 Å². The maximum Gasteiger partial charge on any atom is 0.399 e. The van der Waals surface area contributed by atoms with Crippen molar-refractivity contribution in [3.8, 4) is 0 Å². The van der Waals surface area contributed by atoms with Gasteiger partial charge in [-0.05, 0) is 6.08 Å². The van der Waals surface area contributed by atoms with Crippen LogP contribution in [0.25, 0.3) is 0 Å². The second-order valence-electron chi connectivity index (χ2n) is 2.08. The van der Waals surface area contributed by atoms with Crippen LogP contribution in [0.15, 0.2) is 18.2 Å². The van der Waals surface area contributed by atoms with Crippen molar-refractivity contribution >= 4 is 17.1 Å². The van der Waals surface area contributed by atoms with Gasteiger partial charge in [-0.1, -0.05) is 30.4 Å². The molecule has 11 heavy (non-hydrogen) atoms. The highest BCUT2D eigenvalue weighted by Crippen LogP contribution is 2.30. The standard InChI is InChI=1S/C7H4F3S/c8-7(9,10)5-3-1-2-4-6(5)11/h1-3,5H. The molecular weight excluding hydrogens is 173 g/mol. The van der Waals surface area contributed by atoms with Crippen LogP contribution in [-0.2, 0) is 0 Å². The topological polar surface area (TPSA) is 0 Å². The van der Waals surface area contributed by atoms with Crippen LogP contribution in [0.5, 0.6) is 0 Å². The number of hydrogen-bond acceptors (Lipinski definition) is 1. The van der Waals surface area contributed by atoms with Crippen molar-refractivity contribution in [2.24, 2.45) is 5.92 Å². The molecule has 0 aliphatic heterocycles. The summed E-state index contributed by atoms with van der Waals surface area (Å²) in [6, 6.07) is 0. The Labute approximate surface area is 67.4 Å². The Hall–Kier alpha value is -0.640. The van der Waals surface area contributed by atoms with Gasteiger partial charge in [-0.25, -0.2) is 0 Å². The minimum Gasteiger partial charge on any atom is -0.170 e. The summed E-state index contributed by atoms with van der Waals surface area (Å²) in [7, 11) is 0. The monoisotopic (exact) mass is 177 g/mol. The second-order valence-corrected chi connectivity index (χ2v) is 2.52. The predicted octanol–water partition coefficient (Wildman–Crippen LogP) is 2.46. The molecule has 1 aliphatic carbocycles. The highest BCUT2D eigenvalue weighted by atomic mass is 32.1. The van der Waals surface area contributed by atoms with Crippen LogP contribution in [0.3, 0.4) is 0 Å². The molecule has 59 valence electrons. The van der Waals surface area contributed by atoms with Crippen LogP contribution >= 0.6 is 12.2 Å². The lowest BCUT2D eigenvalue weighted by molar-refractivity contribution is -0.143. The van der Waals surface area contributed by atoms with Crippen molar-refractivity contribution in [1.29, 1.82) is 0 Å². The van der Waals surface area contributed by atoms with Gasteiger partial charge in [0.25, 0.3) is 0 Å². The average molecular weight is 177 g/mol. The molecule has 0 bridgehead atoms. The normalized spacial score (nSPS) is 24.3. The van der Waals surface area contributed by atoms with Crippen LogP contribution < -0.4 is 0 Å². The summed E-state index contributed by atoms with van der Waals surface area (Å²) >= 11 is 4.46. The zero-order valence-corrected chi connectivity index (χ0v) is 6.17. The molecule has 0 aromatic heterocycles. The number of halogens is 3. The molecule has 0 saturated heterocycles. The van der Waals surface area contributed by atoms with Crippen LogP contribution in [0.2, 0.25) is 0 Å². The summed E-state index contributed by atoms with van der Waals surface area (Å²) < 4.78 is 36.0. The van der Waals surface area contributed by atoms with E-state index < -0.39 is 12.1 Å². The number of hydrogen-bond donors (Lipinski definition) is 0. The molecule has 0 amide bonds. The van der Waals surface area contributed by atoms with Gasteiger partial charge in [0.1, 0.15) is 5.92 Å². The van der Waals surface area contributed by atoms with Crippen molar-refractivity contribution in [2.75, 3.05) is 0 Å². The van der Waals surface area contributed by atoms with E-state index in [4.69, 9.17) is 0 Å². The fourth-order valence-corrected chi connectivity index (χ4v) is 1.01. The first-order chi connectivity index (χ1) is 5.02. The number of thiocarbonyl (C=S) groups is 1. The minimum absolute atomic E-state index is 0.194. The molecule has 0 aromatic carbocycles. The third kappa shape index (κ3) is 1.89. The summed E-state index contributed by atoms with van der Waals surface area (Å²) in [4.78, 5) is -0.194. The van der Waals surface area contributed by atoms with E-state index in [1.807, 2.05) is 0 Å². The van der Waals surface area contributed by atoms with Gasteiger partial charge < -0.3 is 0 Å². The third-order valence-electron chi connectivity index (χ3n) is 1.26. The highest BCUT2D eigenvalue weighted by Gasteiger charge is 2.40. The average Bonchev–Trinajstić information content (AvgIpc) is 1.86. The van der Waals surface area contributed by atoms with Gasteiger partial charge in [-0.3, -0.25) is 0 Å². The van der Waals surface area contributed by atoms with Crippen molar-refractivity contribution in [1.82, 2.24) is 0 Å². The maximum atomic E-state index is 12.0. The van der Waals surface area contributed by atoms with Gasteiger partial charge in [0.05, 0.1) is 0 Å². The lowest BCUT2D eigenvalue weighted by Crippen LogP contribution is -2.27. The van der Waals surface area contributed by atoms with Gasteiger partial charge in [0.15, 0.2) is 0 Å². The van der Waals surface area contributed by atoms with Gasteiger partial charge in [-0.15, -0.1) is 0 Å². The Morgan fingerprint density at radius 2 is 2.09 bits per heavy atom. The molecule has 4 heteroatoms. The lowest BCUT2D eigenvalue weighted by Gasteiger charge is -2.16. The quantitative estimate of drug-likeness (QED) is 0.512. The molecule has 0 fully saturated rings. The molecular formula is C7H4F3S. The molecule has 0 N–H and O–H groups in total. The van der Waals surface area contributed by atoms with Crippen LogP contribution in [-0.4, -0.2) is 11.0 Å². The summed E-state index contributed by atoms with van der Waals surface area (Å²) in [5, 5.41) is 0. The molecule has 0 spiro atoms. The summed E-state index contributed by atoms with van der Waals surface area (Å²) in [6.07, 6.45) is 1.77. The third-order valence-corrected chi connectivity index (χ3v) is 1.63. The first-order valence-corrected chi connectivity index (χ1v) is 3.30. The molecule has 1 unspecified atom stereocenters. The van der Waals surface area contributed by atoms with Crippen LogP contribution in [0.4, 0.5) is 13.2 Å². The fraction of sp³-hybridized carbons (Fsp3) is 0.286. The molecule has 0 heterocycles. The van der Waals surface area contributed by atoms with Gasteiger partial charge in [-0.2, -0.15) is 13.2 Å². The minimum atomic E-state index is -4.27. The van der Waals surface area contributed by atoms with Crippen LogP contribution in [0.1, 0.15) is 0 Å². The Balaban J connectivity index is 2.82. The number of alkyl halides is 3. The Kier molecular flexibility index (Phi) is 2.13. The summed E-state index contributed by atoms with van der Waals surface area (Å²) in [5.74, 6) is -1.62. The number of rotatable bonds is 0. The zero-order chi connectivity index (χ0) is 8.48. The molecule has 1 radical (unpaired) electrons. The molecule has 1 aliphatic rings. The molecule has 1 rings (SSSR count). The zero-order valence-electron chi connectivity index (χ0n) is 5.35. The van der Waals surface area contributed by atoms with Gasteiger partial charge >= 0.3 is 6.18 Å². The van der Waals surface area contributed by atoms with Crippen molar-refractivity contribution in [3.05, 3.63) is 24.3 Å². The fourth-order valence-electron chi connectivity index (χ4n) is 0.732. The van der Waals surface area contributed by atoms with Crippen molar-refractivity contribution in [2.45, 2.75) is 6.18 Å². The van der Waals surface area contributed by atoms with Crippen LogP contribution in [0, 0.1) is 12.0 Å². The highest BCUT2D eigenvalue weighted by molar-refractivity contribution is 7.80.